The predicted molar refractivity (Wildman–Crippen MR) is 104 cm³/mol. The lowest BCUT2D eigenvalue weighted by atomic mass is 10.2. The van der Waals surface area contributed by atoms with Crippen LogP contribution in [0.5, 0.6) is 0 Å². The minimum Gasteiger partial charge on any atom is -0.335 e. The van der Waals surface area contributed by atoms with Gasteiger partial charge in [-0.2, -0.15) is 0 Å². The molecule has 0 saturated heterocycles. The molecular formula is C17H14BrF2N5OS. The third-order valence-corrected chi connectivity index (χ3v) is 5.37. The summed E-state index contributed by atoms with van der Waals surface area (Å²) in [5.41, 5.74) is 0.522. The maximum Gasteiger partial charge on any atom is 0.237 e. The summed E-state index contributed by atoms with van der Waals surface area (Å²) in [5.74, 6) is 4.60. The first-order valence-electron chi connectivity index (χ1n) is 7.74. The van der Waals surface area contributed by atoms with E-state index in [0.717, 1.165) is 40.0 Å². The first-order valence-corrected chi connectivity index (χ1v) is 9.42. The Morgan fingerprint density at radius 3 is 2.74 bits per heavy atom. The highest BCUT2D eigenvalue weighted by Gasteiger charge is 2.21. The maximum atomic E-state index is 13.7. The van der Waals surface area contributed by atoms with Gasteiger partial charge in [0.25, 0.3) is 0 Å². The molecule has 3 rings (SSSR count). The van der Waals surface area contributed by atoms with E-state index < -0.39 is 22.8 Å². The Kier molecular flexibility index (Phi) is 5.76. The molecule has 1 atom stereocenters. The molecule has 0 bridgehead atoms. The smallest absolute Gasteiger partial charge is 0.237 e. The summed E-state index contributed by atoms with van der Waals surface area (Å²) in [6.07, 6.45) is 0. The van der Waals surface area contributed by atoms with Crippen LogP contribution < -0.4 is 11.2 Å². The number of carbonyl (C=O) groups is 1. The van der Waals surface area contributed by atoms with Crippen LogP contribution >= 0.6 is 27.7 Å². The van der Waals surface area contributed by atoms with Crippen molar-refractivity contribution in [1.29, 1.82) is 0 Å². The van der Waals surface area contributed by atoms with Crippen molar-refractivity contribution in [2.75, 3.05) is 11.2 Å². The number of benzene rings is 2. The second kappa shape index (κ2) is 8.05. The Balaban J connectivity index is 1.75. The first-order chi connectivity index (χ1) is 12.9. The van der Waals surface area contributed by atoms with Crippen LogP contribution in [0.3, 0.4) is 0 Å². The summed E-state index contributed by atoms with van der Waals surface area (Å²) in [5, 5.41) is 10.1. The fourth-order valence-corrected chi connectivity index (χ4v) is 3.46. The summed E-state index contributed by atoms with van der Waals surface area (Å²) >= 11 is 4.48. The Bertz CT molecular complexity index is 997. The summed E-state index contributed by atoms with van der Waals surface area (Å²) in [6, 6.07) is 10.2. The largest absolute Gasteiger partial charge is 0.335 e. The summed E-state index contributed by atoms with van der Waals surface area (Å²) in [4.78, 5) is 12.3. The third-order valence-electron chi connectivity index (χ3n) is 3.62. The molecule has 140 valence electrons. The van der Waals surface area contributed by atoms with Crippen LogP contribution in [-0.2, 0) is 4.79 Å². The van der Waals surface area contributed by atoms with Crippen molar-refractivity contribution in [3.8, 4) is 11.4 Å². The second-order valence-corrected chi connectivity index (χ2v) is 7.69. The molecule has 0 saturated carbocycles. The van der Waals surface area contributed by atoms with Gasteiger partial charge in [0.15, 0.2) is 5.82 Å². The average molecular weight is 454 g/mol. The lowest BCUT2D eigenvalue weighted by Crippen LogP contribution is -2.24. The van der Waals surface area contributed by atoms with Crippen LogP contribution in [0.2, 0.25) is 0 Å². The second-order valence-electron chi connectivity index (χ2n) is 5.53. The Hall–Kier alpha value is -2.46. The number of hydrogen-bond acceptors (Lipinski definition) is 5. The van der Waals surface area contributed by atoms with Crippen molar-refractivity contribution in [3.05, 3.63) is 58.6 Å². The van der Waals surface area contributed by atoms with Gasteiger partial charge < -0.3 is 11.2 Å². The van der Waals surface area contributed by atoms with Crippen molar-refractivity contribution in [3.63, 3.8) is 0 Å². The summed E-state index contributed by atoms with van der Waals surface area (Å²) in [6.45, 7) is 1.60. The molecule has 10 heteroatoms. The number of anilines is 1. The quantitative estimate of drug-likeness (QED) is 0.452. The van der Waals surface area contributed by atoms with E-state index in [0.29, 0.717) is 11.0 Å². The molecule has 0 aliphatic heterocycles. The van der Waals surface area contributed by atoms with E-state index in [2.05, 4.69) is 31.4 Å². The highest BCUT2D eigenvalue weighted by molar-refractivity contribution is 9.10. The molecule has 0 fully saturated rings. The van der Waals surface area contributed by atoms with E-state index in [9.17, 15) is 13.6 Å². The molecule has 0 spiro atoms. The molecule has 1 aromatic heterocycles. The molecule has 1 amide bonds. The van der Waals surface area contributed by atoms with Crippen molar-refractivity contribution in [2.24, 2.45) is 0 Å². The van der Waals surface area contributed by atoms with Gasteiger partial charge >= 0.3 is 0 Å². The monoisotopic (exact) mass is 453 g/mol. The molecule has 1 heterocycles. The number of carbonyl (C=O) groups excluding carboxylic acids is 1. The van der Waals surface area contributed by atoms with E-state index in [1.807, 2.05) is 24.3 Å². The number of hydrogen-bond donors (Lipinski definition) is 2. The zero-order valence-corrected chi connectivity index (χ0v) is 16.4. The van der Waals surface area contributed by atoms with Crippen molar-refractivity contribution >= 4 is 39.3 Å². The third kappa shape index (κ3) is 4.28. The molecule has 27 heavy (non-hydrogen) atoms. The molecule has 0 aliphatic carbocycles. The summed E-state index contributed by atoms with van der Waals surface area (Å²) in [7, 11) is 0. The normalized spacial score (nSPS) is 12.0. The van der Waals surface area contributed by atoms with Gasteiger partial charge in [-0.15, -0.1) is 10.2 Å². The first kappa shape index (κ1) is 19.3. The molecule has 6 nitrogen and oxygen atoms in total. The lowest BCUT2D eigenvalue weighted by molar-refractivity contribution is -0.115. The van der Waals surface area contributed by atoms with Crippen LogP contribution in [0.15, 0.2) is 52.1 Å². The molecule has 1 unspecified atom stereocenters. The molecule has 0 aliphatic rings. The number of nitrogens with zero attached hydrogens (tertiary/aromatic N) is 3. The van der Waals surface area contributed by atoms with Gasteiger partial charge in [0.1, 0.15) is 11.6 Å². The minimum atomic E-state index is -0.722. The highest BCUT2D eigenvalue weighted by Crippen LogP contribution is 2.29. The van der Waals surface area contributed by atoms with E-state index in [1.54, 1.807) is 6.92 Å². The Morgan fingerprint density at radius 1 is 1.26 bits per heavy atom. The van der Waals surface area contributed by atoms with E-state index >= 15 is 0 Å². The number of halogens is 3. The van der Waals surface area contributed by atoms with Gasteiger partial charge in [-0.3, -0.25) is 4.79 Å². The van der Waals surface area contributed by atoms with Gasteiger partial charge in [-0.05, 0) is 31.2 Å². The van der Waals surface area contributed by atoms with Crippen LogP contribution in [0.1, 0.15) is 6.92 Å². The maximum absolute atomic E-state index is 13.7. The highest BCUT2D eigenvalue weighted by atomic mass is 79.9. The van der Waals surface area contributed by atoms with Crippen LogP contribution in [-0.4, -0.2) is 26.0 Å². The standard InChI is InChI=1S/C17H14BrF2N5OS/c1-9(16(26)22-14-8-10(19)6-7-13(14)20)27-17-24-23-15(25(17)21)11-4-2-3-5-12(11)18/h2-9H,21H2,1H3,(H,22,26). The van der Waals surface area contributed by atoms with Crippen LogP contribution in [0, 0.1) is 11.6 Å². The fourth-order valence-electron chi connectivity index (χ4n) is 2.22. The zero-order valence-electron chi connectivity index (χ0n) is 14.0. The SMILES string of the molecule is CC(Sc1nnc(-c2ccccc2Br)n1N)C(=O)Nc1cc(F)ccc1F. The van der Waals surface area contributed by atoms with Crippen molar-refractivity contribution in [2.45, 2.75) is 17.3 Å². The number of nitrogen functional groups attached to an aromatic ring is 1. The van der Waals surface area contributed by atoms with Gasteiger partial charge in [-0.25, -0.2) is 13.5 Å². The molecular weight excluding hydrogens is 440 g/mol. The summed E-state index contributed by atoms with van der Waals surface area (Å²) < 4.78 is 29.0. The minimum absolute atomic E-state index is 0.226. The van der Waals surface area contributed by atoms with Gasteiger partial charge in [0.2, 0.25) is 11.1 Å². The lowest BCUT2D eigenvalue weighted by Gasteiger charge is -2.12. The zero-order chi connectivity index (χ0) is 19.6. The van der Waals surface area contributed by atoms with Gasteiger partial charge in [0.05, 0.1) is 10.9 Å². The van der Waals surface area contributed by atoms with E-state index in [4.69, 9.17) is 5.84 Å². The van der Waals surface area contributed by atoms with E-state index in [1.165, 1.54) is 4.68 Å². The van der Waals surface area contributed by atoms with E-state index in [-0.39, 0.29) is 5.69 Å². The molecule has 3 aromatic rings. The molecule has 0 radical (unpaired) electrons. The van der Waals surface area contributed by atoms with Gasteiger partial charge in [0, 0.05) is 16.1 Å². The van der Waals surface area contributed by atoms with Crippen LogP contribution in [0.25, 0.3) is 11.4 Å². The number of aromatic nitrogens is 3. The fraction of sp³-hybridized carbons (Fsp3) is 0.118. The number of amides is 1. The number of nitrogens with one attached hydrogen (secondary N) is 1. The molecule has 3 N–H and O–H groups in total. The Labute approximate surface area is 166 Å². The predicted octanol–water partition coefficient (Wildman–Crippen LogP) is 3.82. The number of rotatable bonds is 5. The van der Waals surface area contributed by atoms with Crippen LogP contribution in [0.4, 0.5) is 14.5 Å². The molecule has 2 aromatic carbocycles. The van der Waals surface area contributed by atoms with Crippen molar-refractivity contribution in [1.82, 2.24) is 14.9 Å². The topological polar surface area (TPSA) is 85.8 Å². The van der Waals surface area contributed by atoms with Crippen molar-refractivity contribution < 1.29 is 13.6 Å². The van der Waals surface area contributed by atoms with Gasteiger partial charge in [-0.1, -0.05) is 39.8 Å². The average Bonchev–Trinajstić information content (AvgIpc) is 2.99. The number of thioether (sulfide) groups is 1. The number of nitrogens with two attached hydrogens (primary N) is 1. The Morgan fingerprint density at radius 2 is 2.00 bits per heavy atom.